The van der Waals surface area contributed by atoms with Crippen LogP contribution in [0.1, 0.15) is 0 Å². The maximum Gasteiger partial charge on any atom is 0.503 e. The molecule has 0 radical (unpaired) electrons. The Labute approximate surface area is 78.5 Å². The van der Waals surface area contributed by atoms with E-state index < -0.39 is 16.6 Å². The van der Waals surface area contributed by atoms with Gasteiger partial charge < -0.3 is 16.4 Å². The van der Waals surface area contributed by atoms with Crippen molar-refractivity contribution in [3.63, 3.8) is 0 Å². The van der Waals surface area contributed by atoms with Crippen molar-refractivity contribution < 1.29 is 32.5 Å². The van der Waals surface area contributed by atoms with Gasteiger partial charge in [-0.2, -0.15) is 8.42 Å². The summed E-state index contributed by atoms with van der Waals surface area (Å²) in [7, 11) is -4.67. The van der Waals surface area contributed by atoms with E-state index in [4.69, 9.17) is 32.5 Å². The maximum absolute atomic E-state index is 8.74. The third-order valence-corrected chi connectivity index (χ3v) is 0. The Morgan fingerprint density at radius 3 is 1.09 bits per heavy atom. The molecule has 0 amide bonds. The Hall–Kier alpha value is -0.134. The standard InChI is InChI=1S/CH2O3.Mg.H3N.H2O4S.2H/c2-1(3)4;;;1-5(2,3)4;;/h(H2,2,3,4);;1H3;(H2,1,2,3,4);;. The number of hydrogen-bond acceptors (Lipinski definition) is 4. The Morgan fingerprint density at radius 1 is 1.09 bits per heavy atom. The summed E-state index contributed by atoms with van der Waals surface area (Å²) in [5.74, 6) is 0. The van der Waals surface area contributed by atoms with Crippen LogP contribution < -0.4 is 6.15 Å². The van der Waals surface area contributed by atoms with Crippen molar-refractivity contribution in [3.05, 3.63) is 0 Å². The molecule has 11 heavy (non-hydrogen) atoms. The van der Waals surface area contributed by atoms with Crippen LogP contribution in [0.3, 0.4) is 0 Å². The highest BCUT2D eigenvalue weighted by Gasteiger charge is 1.84. The molecule has 0 heterocycles. The maximum atomic E-state index is 8.74. The lowest BCUT2D eigenvalue weighted by molar-refractivity contribution is 0.137. The third kappa shape index (κ3) is 34100. The Morgan fingerprint density at radius 2 is 1.09 bits per heavy atom. The predicted octanol–water partition coefficient (Wildman–Crippen LogP) is -1.18. The zero-order chi connectivity index (χ0) is 8.08. The summed E-state index contributed by atoms with van der Waals surface area (Å²) in [4.78, 5) is 8.56. The lowest BCUT2D eigenvalue weighted by atomic mass is 11.5. The molecule has 0 atom stereocenters. The van der Waals surface area contributed by atoms with Gasteiger partial charge in [0.05, 0.1) is 0 Å². The summed E-state index contributed by atoms with van der Waals surface area (Å²) in [5, 5.41) is 13.9. The van der Waals surface area contributed by atoms with Crippen LogP contribution in [-0.2, 0) is 10.4 Å². The fourth-order valence-corrected chi connectivity index (χ4v) is 0. The van der Waals surface area contributed by atoms with Crippen molar-refractivity contribution in [2.24, 2.45) is 0 Å². The second kappa shape index (κ2) is 9.87. The van der Waals surface area contributed by atoms with Gasteiger partial charge in [-0.1, -0.05) is 0 Å². The first-order valence-corrected chi connectivity index (χ1v) is 2.75. The molecule has 0 aliphatic carbocycles. The number of rotatable bonds is 0. The van der Waals surface area contributed by atoms with E-state index in [0.717, 1.165) is 0 Å². The Kier molecular flexibility index (Phi) is 20.1. The first-order valence-electron chi connectivity index (χ1n) is 1.35. The molecule has 8 nitrogen and oxygen atoms in total. The first-order chi connectivity index (χ1) is 3.73. The van der Waals surface area contributed by atoms with Crippen LogP contribution in [0.25, 0.3) is 0 Å². The SMILES string of the molecule is N.O=C(O)O.O=S(=O)(O)O.[MgH2]. The molecule has 0 aromatic heterocycles. The summed E-state index contributed by atoms with van der Waals surface area (Å²) in [6.45, 7) is 0. The molecule has 68 valence electrons. The van der Waals surface area contributed by atoms with Crippen LogP contribution in [-0.4, -0.2) is 56.9 Å². The van der Waals surface area contributed by atoms with Gasteiger partial charge >= 0.3 is 39.6 Å². The molecule has 0 saturated carbocycles. The zero-order valence-corrected chi connectivity index (χ0v) is 5.45. The largest absolute Gasteiger partial charge is 0.503 e. The molecule has 10 heteroatoms. The molecule has 0 spiro atoms. The average molecular weight is 203 g/mol. The van der Waals surface area contributed by atoms with Crippen molar-refractivity contribution in [1.29, 1.82) is 0 Å². The van der Waals surface area contributed by atoms with E-state index in [2.05, 4.69) is 0 Å². The van der Waals surface area contributed by atoms with Crippen molar-refractivity contribution in [2.45, 2.75) is 0 Å². The smallest absolute Gasteiger partial charge is 0.450 e. The van der Waals surface area contributed by atoms with Crippen LogP contribution in [0.4, 0.5) is 4.79 Å². The molecule has 7 N–H and O–H groups in total. The van der Waals surface area contributed by atoms with E-state index in [1.54, 1.807) is 0 Å². The fraction of sp³-hybridized carbons (Fsp3) is 0. The molecule has 0 unspecified atom stereocenters. The topological polar surface area (TPSA) is 167 Å². The monoisotopic (exact) mass is 203 g/mol. The summed E-state index contributed by atoms with van der Waals surface area (Å²) in [5.41, 5.74) is 0. The van der Waals surface area contributed by atoms with Gasteiger partial charge in [-0.25, -0.2) is 4.79 Å². The molecule has 0 aromatic rings. The average Bonchev–Trinajstić information content (AvgIpc) is 1.19. The zero-order valence-electron chi connectivity index (χ0n) is 4.63. The van der Waals surface area contributed by atoms with E-state index in [-0.39, 0.29) is 29.2 Å². The quantitative estimate of drug-likeness (QED) is 0.242. The van der Waals surface area contributed by atoms with Gasteiger partial charge in [0.15, 0.2) is 0 Å². The number of hydrogen-bond donors (Lipinski definition) is 5. The second-order valence-electron chi connectivity index (χ2n) is 0.730. The van der Waals surface area contributed by atoms with Crippen molar-refractivity contribution in [2.75, 3.05) is 0 Å². The fourth-order valence-electron chi connectivity index (χ4n) is 0. The molecule has 0 bridgehead atoms. The molecular formula is CH9MgNO7S. The van der Waals surface area contributed by atoms with Gasteiger partial charge in [0.25, 0.3) is 0 Å². The molecule has 0 aliphatic rings. The third-order valence-electron chi connectivity index (χ3n) is 0. The molecule has 0 saturated heterocycles. The van der Waals surface area contributed by atoms with Gasteiger partial charge in [0.1, 0.15) is 0 Å². The number of carbonyl (C=O) groups is 1. The highest BCUT2D eigenvalue weighted by Crippen LogP contribution is 1.59. The van der Waals surface area contributed by atoms with Crippen molar-refractivity contribution in [1.82, 2.24) is 6.15 Å². The Bertz CT molecular complexity index is 161. The molecular weight excluding hydrogens is 194 g/mol. The van der Waals surface area contributed by atoms with Crippen molar-refractivity contribution in [3.8, 4) is 0 Å². The summed E-state index contributed by atoms with van der Waals surface area (Å²) >= 11 is 0. The van der Waals surface area contributed by atoms with E-state index in [1.165, 1.54) is 0 Å². The first kappa shape index (κ1) is 22.4. The predicted molar refractivity (Wildman–Crippen MR) is 38.4 cm³/mol. The Balaban J connectivity index is -0.0000000383. The number of carboxylic acid groups (broad SMARTS) is 2. The second-order valence-corrected chi connectivity index (χ2v) is 1.63. The lowest BCUT2D eigenvalue weighted by Gasteiger charge is -1.68. The van der Waals surface area contributed by atoms with Gasteiger partial charge in [-0.05, 0) is 0 Å². The molecule has 0 rings (SSSR count). The van der Waals surface area contributed by atoms with Crippen LogP contribution in [0.2, 0.25) is 0 Å². The van der Waals surface area contributed by atoms with Crippen LogP contribution >= 0.6 is 0 Å². The highest BCUT2D eigenvalue weighted by atomic mass is 32.3. The minimum atomic E-state index is -4.67. The van der Waals surface area contributed by atoms with E-state index in [9.17, 15) is 0 Å². The van der Waals surface area contributed by atoms with E-state index in [1.807, 2.05) is 0 Å². The highest BCUT2D eigenvalue weighted by molar-refractivity contribution is 7.79. The molecule has 0 fully saturated rings. The summed E-state index contributed by atoms with van der Waals surface area (Å²) in [6.07, 6.45) is -1.83. The molecule has 0 aromatic carbocycles. The summed E-state index contributed by atoms with van der Waals surface area (Å²) in [6, 6.07) is 0. The van der Waals surface area contributed by atoms with Gasteiger partial charge in [0, 0.05) is 0 Å². The van der Waals surface area contributed by atoms with Crippen LogP contribution in [0, 0.1) is 0 Å². The minimum Gasteiger partial charge on any atom is -0.450 e. The van der Waals surface area contributed by atoms with Gasteiger partial charge in [0.2, 0.25) is 0 Å². The van der Waals surface area contributed by atoms with E-state index in [0.29, 0.717) is 0 Å². The summed E-state index contributed by atoms with van der Waals surface area (Å²) < 4.78 is 31.6. The van der Waals surface area contributed by atoms with Gasteiger partial charge in [-0.3, -0.25) is 9.11 Å². The van der Waals surface area contributed by atoms with Gasteiger partial charge in [-0.15, -0.1) is 0 Å². The van der Waals surface area contributed by atoms with Crippen LogP contribution in [0.15, 0.2) is 0 Å². The van der Waals surface area contributed by atoms with E-state index >= 15 is 0 Å². The minimum absolute atomic E-state index is 0. The van der Waals surface area contributed by atoms with Crippen molar-refractivity contribution >= 4 is 39.6 Å². The van der Waals surface area contributed by atoms with Crippen LogP contribution in [0.5, 0.6) is 0 Å². The normalized spacial score (nSPS) is 7.45. The lowest BCUT2D eigenvalue weighted by Crippen LogP contribution is -1.89. The molecule has 0 aliphatic heterocycles.